The molecule has 0 saturated carbocycles. The Labute approximate surface area is 96.4 Å². The van der Waals surface area contributed by atoms with Crippen LogP contribution in [0.4, 0.5) is 5.69 Å². The van der Waals surface area contributed by atoms with E-state index in [1.165, 1.54) is 0 Å². The Morgan fingerprint density at radius 1 is 1.44 bits per heavy atom. The molecule has 3 N–H and O–H groups in total. The van der Waals surface area contributed by atoms with Crippen molar-refractivity contribution in [3.8, 4) is 0 Å². The number of likely N-dealkylation sites (N-methyl/N-ethyl adjacent to an activating group) is 1. The van der Waals surface area contributed by atoms with E-state index in [-0.39, 0.29) is 5.91 Å². The second-order valence-electron chi connectivity index (χ2n) is 4.15. The predicted octanol–water partition coefficient (Wildman–Crippen LogP) is 0.869. The summed E-state index contributed by atoms with van der Waals surface area (Å²) in [6.45, 7) is 3.39. The number of rotatable bonds is 4. The summed E-state index contributed by atoms with van der Waals surface area (Å²) in [7, 11) is 3.93. The summed E-state index contributed by atoms with van der Waals surface area (Å²) in [6, 6.07) is 5.45. The zero-order valence-electron chi connectivity index (χ0n) is 10.1. The maximum absolute atomic E-state index is 11.7. The summed E-state index contributed by atoms with van der Waals surface area (Å²) in [6.07, 6.45) is 0. The maximum Gasteiger partial charge on any atom is 0.253 e. The molecule has 0 fully saturated rings. The molecule has 1 aromatic carbocycles. The number of nitrogens with one attached hydrogen (secondary N) is 1. The van der Waals surface area contributed by atoms with Crippen molar-refractivity contribution in [2.75, 3.05) is 32.9 Å². The molecule has 88 valence electrons. The molecular weight excluding hydrogens is 202 g/mol. The quantitative estimate of drug-likeness (QED) is 0.742. The number of hydrogen-bond acceptors (Lipinski definition) is 3. The van der Waals surface area contributed by atoms with Gasteiger partial charge in [0, 0.05) is 18.8 Å². The predicted molar refractivity (Wildman–Crippen MR) is 66.5 cm³/mol. The summed E-state index contributed by atoms with van der Waals surface area (Å²) in [5.41, 5.74) is 7.92. The summed E-state index contributed by atoms with van der Waals surface area (Å²) < 4.78 is 0. The minimum Gasteiger partial charge on any atom is -0.398 e. The van der Waals surface area contributed by atoms with Gasteiger partial charge in [0.25, 0.3) is 5.91 Å². The number of nitrogens with two attached hydrogens (primary N) is 1. The van der Waals surface area contributed by atoms with E-state index in [9.17, 15) is 4.79 Å². The van der Waals surface area contributed by atoms with E-state index in [1.54, 1.807) is 12.1 Å². The average Bonchev–Trinajstić information content (AvgIpc) is 2.16. The monoisotopic (exact) mass is 221 g/mol. The molecule has 1 rings (SSSR count). The van der Waals surface area contributed by atoms with Gasteiger partial charge in [-0.1, -0.05) is 6.07 Å². The van der Waals surface area contributed by atoms with Gasteiger partial charge in [-0.3, -0.25) is 4.79 Å². The van der Waals surface area contributed by atoms with Crippen LogP contribution in [0.25, 0.3) is 0 Å². The number of benzene rings is 1. The van der Waals surface area contributed by atoms with Gasteiger partial charge in [0.2, 0.25) is 0 Å². The van der Waals surface area contributed by atoms with Gasteiger partial charge in [-0.05, 0) is 38.7 Å². The molecule has 4 heteroatoms. The van der Waals surface area contributed by atoms with E-state index in [4.69, 9.17) is 5.73 Å². The Hall–Kier alpha value is -1.55. The third-order valence-electron chi connectivity index (χ3n) is 2.30. The Kier molecular flexibility index (Phi) is 4.31. The number of anilines is 1. The van der Waals surface area contributed by atoms with Gasteiger partial charge in [0.1, 0.15) is 0 Å². The lowest BCUT2D eigenvalue weighted by atomic mass is 10.1. The second-order valence-corrected chi connectivity index (χ2v) is 4.15. The van der Waals surface area contributed by atoms with Gasteiger partial charge in [0.15, 0.2) is 0 Å². The van der Waals surface area contributed by atoms with Crippen molar-refractivity contribution in [1.29, 1.82) is 0 Å². The number of nitrogens with zero attached hydrogens (tertiary/aromatic N) is 1. The molecule has 1 aromatic rings. The van der Waals surface area contributed by atoms with Crippen LogP contribution >= 0.6 is 0 Å². The van der Waals surface area contributed by atoms with Gasteiger partial charge in [-0.25, -0.2) is 0 Å². The molecule has 0 heterocycles. The van der Waals surface area contributed by atoms with Crippen LogP contribution in [0.5, 0.6) is 0 Å². The first-order valence-corrected chi connectivity index (χ1v) is 5.30. The fourth-order valence-electron chi connectivity index (χ4n) is 1.38. The number of aryl methyl sites for hydroxylation is 1. The molecule has 4 nitrogen and oxygen atoms in total. The Morgan fingerprint density at radius 2 is 2.12 bits per heavy atom. The summed E-state index contributed by atoms with van der Waals surface area (Å²) in [5.74, 6) is -0.112. The standard InChI is InChI=1S/C12H19N3O/c1-9-4-5-10(11(13)8-9)12(16)14-6-7-15(2)3/h4-5,8H,6-7,13H2,1-3H3,(H,14,16). The summed E-state index contributed by atoms with van der Waals surface area (Å²) in [4.78, 5) is 13.8. The second kappa shape index (κ2) is 5.51. The molecule has 0 bridgehead atoms. The van der Waals surface area contributed by atoms with Gasteiger partial charge in [0.05, 0.1) is 5.56 Å². The van der Waals surface area contributed by atoms with Crippen molar-refractivity contribution < 1.29 is 4.79 Å². The summed E-state index contributed by atoms with van der Waals surface area (Å²) >= 11 is 0. The smallest absolute Gasteiger partial charge is 0.253 e. The first-order chi connectivity index (χ1) is 7.50. The topological polar surface area (TPSA) is 58.4 Å². The van der Waals surface area contributed by atoms with Crippen molar-refractivity contribution in [3.05, 3.63) is 29.3 Å². The molecule has 0 aliphatic carbocycles. The zero-order chi connectivity index (χ0) is 12.1. The Morgan fingerprint density at radius 3 is 2.69 bits per heavy atom. The average molecular weight is 221 g/mol. The molecule has 1 amide bonds. The molecular formula is C12H19N3O. The number of carbonyl (C=O) groups excluding carboxylic acids is 1. The highest BCUT2D eigenvalue weighted by Crippen LogP contribution is 2.13. The van der Waals surface area contributed by atoms with Gasteiger partial charge in [-0.2, -0.15) is 0 Å². The first kappa shape index (κ1) is 12.5. The molecule has 0 aliphatic heterocycles. The van der Waals surface area contributed by atoms with Crippen molar-refractivity contribution >= 4 is 11.6 Å². The van der Waals surface area contributed by atoms with Crippen LogP contribution in [0.3, 0.4) is 0 Å². The lowest BCUT2D eigenvalue weighted by Crippen LogP contribution is -2.31. The van der Waals surface area contributed by atoms with Crippen LogP contribution in [0, 0.1) is 6.92 Å². The normalized spacial score (nSPS) is 10.5. The zero-order valence-corrected chi connectivity index (χ0v) is 10.1. The third kappa shape index (κ3) is 3.55. The highest BCUT2D eigenvalue weighted by molar-refractivity contribution is 5.99. The van der Waals surface area contributed by atoms with Crippen molar-refractivity contribution in [2.24, 2.45) is 0 Å². The number of hydrogen-bond donors (Lipinski definition) is 2. The lowest BCUT2D eigenvalue weighted by molar-refractivity contribution is 0.0952. The van der Waals surface area contributed by atoms with Gasteiger partial charge in [-0.15, -0.1) is 0 Å². The van der Waals surface area contributed by atoms with Crippen LogP contribution in [-0.2, 0) is 0 Å². The minimum absolute atomic E-state index is 0.112. The van der Waals surface area contributed by atoms with Crippen LogP contribution in [-0.4, -0.2) is 38.0 Å². The van der Waals surface area contributed by atoms with Gasteiger partial charge < -0.3 is 16.0 Å². The highest BCUT2D eigenvalue weighted by atomic mass is 16.1. The minimum atomic E-state index is -0.112. The molecule has 0 unspecified atom stereocenters. The Bertz CT molecular complexity index is 375. The van der Waals surface area contributed by atoms with E-state index >= 15 is 0 Å². The number of nitrogen functional groups attached to an aromatic ring is 1. The fraction of sp³-hybridized carbons (Fsp3) is 0.417. The van der Waals surface area contributed by atoms with Gasteiger partial charge >= 0.3 is 0 Å². The van der Waals surface area contributed by atoms with Crippen LogP contribution in [0.2, 0.25) is 0 Å². The van der Waals surface area contributed by atoms with E-state index in [0.29, 0.717) is 17.8 Å². The number of amides is 1. The molecule has 0 radical (unpaired) electrons. The molecule has 0 aliphatic rings. The number of carbonyl (C=O) groups is 1. The summed E-state index contributed by atoms with van der Waals surface area (Å²) in [5, 5.41) is 2.83. The fourth-order valence-corrected chi connectivity index (χ4v) is 1.38. The molecule has 0 saturated heterocycles. The van der Waals surface area contributed by atoms with Crippen LogP contribution in [0.1, 0.15) is 15.9 Å². The first-order valence-electron chi connectivity index (χ1n) is 5.30. The van der Waals surface area contributed by atoms with Crippen molar-refractivity contribution in [1.82, 2.24) is 10.2 Å². The van der Waals surface area contributed by atoms with E-state index < -0.39 is 0 Å². The molecule has 0 atom stereocenters. The van der Waals surface area contributed by atoms with E-state index in [0.717, 1.165) is 12.1 Å². The van der Waals surface area contributed by atoms with E-state index in [1.807, 2.05) is 32.0 Å². The van der Waals surface area contributed by atoms with E-state index in [2.05, 4.69) is 5.32 Å². The molecule has 16 heavy (non-hydrogen) atoms. The molecule has 0 spiro atoms. The third-order valence-corrected chi connectivity index (χ3v) is 2.30. The maximum atomic E-state index is 11.7. The molecule has 0 aromatic heterocycles. The Balaban J connectivity index is 2.59. The van der Waals surface area contributed by atoms with Crippen molar-refractivity contribution in [2.45, 2.75) is 6.92 Å². The lowest BCUT2D eigenvalue weighted by Gasteiger charge is -2.11. The SMILES string of the molecule is Cc1ccc(C(=O)NCCN(C)C)c(N)c1. The van der Waals surface area contributed by atoms with Crippen LogP contribution in [0.15, 0.2) is 18.2 Å². The highest BCUT2D eigenvalue weighted by Gasteiger charge is 2.08. The largest absolute Gasteiger partial charge is 0.398 e. The van der Waals surface area contributed by atoms with Crippen molar-refractivity contribution in [3.63, 3.8) is 0 Å². The van der Waals surface area contributed by atoms with Crippen LogP contribution < -0.4 is 11.1 Å².